The van der Waals surface area contributed by atoms with Crippen LogP contribution < -0.4 is 4.74 Å². The lowest BCUT2D eigenvalue weighted by molar-refractivity contribution is -0.147. The Kier molecular flexibility index (Phi) is 8.67. The standard InChI is InChI=1S/C25H33F3N6O3/c1-32(15-17-36-2)23(35)4-3-16-37-20-7-5-18(6-8-20)19-11-13-33(14-12-19)22-10-9-21-29-30-24(25(26,27)28)34(21)31-22/h5-8,19H,3-4,9-17H2,1-2H3. The van der Waals surface area contributed by atoms with Crippen LogP contribution in [0.2, 0.25) is 0 Å². The molecule has 2 aliphatic heterocycles. The lowest BCUT2D eigenvalue weighted by Gasteiger charge is -2.35. The average Bonchev–Trinajstić information content (AvgIpc) is 3.34. The average molecular weight is 523 g/mol. The van der Waals surface area contributed by atoms with E-state index in [2.05, 4.69) is 32.3 Å². The molecule has 0 atom stereocenters. The van der Waals surface area contributed by atoms with E-state index in [1.54, 1.807) is 19.1 Å². The van der Waals surface area contributed by atoms with Crippen molar-refractivity contribution in [2.45, 2.75) is 50.6 Å². The van der Waals surface area contributed by atoms with Gasteiger partial charge in [-0.15, -0.1) is 10.2 Å². The number of hydrogen-bond donors (Lipinski definition) is 0. The molecule has 1 saturated heterocycles. The first-order chi connectivity index (χ1) is 17.8. The number of nitrogens with zero attached hydrogens (tertiary/aromatic N) is 6. The fourth-order valence-electron chi connectivity index (χ4n) is 4.62. The minimum absolute atomic E-state index is 0.0736. The number of likely N-dealkylation sites (N-methyl/N-ethyl adjacent to an activating group) is 1. The molecule has 0 saturated carbocycles. The second-order valence-electron chi connectivity index (χ2n) is 9.36. The number of ether oxygens (including phenoxy) is 2. The van der Waals surface area contributed by atoms with E-state index in [0.29, 0.717) is 57.2 Å². The van der Waals surface area contributed by atoms with Crippen molar-refractivity contribution < 1.29 is 27.4 Å². The third-order valence-corrected chi connectivity index (χ3v) is 6.82. The highest BCUT2D eigenvalue weighted by Crippen LogP contribution is 2.32. The second kappa shape index (κ2) is 11.9. The van der Waals surface area contributed by atoms with Crippen LogP contribution in [-0.4, -0.2) is 83.4 Å². The fourth-order valence-corrected chi connectivity index (χ4v) is 4.62. The molecule has 0 aliphatic carbocycles. The number of aryl methyl sites for hydroxylation is 1. The number of amidine groups is 1. The van der Waals surface area contributed by atoms with Crippen LogP contribution in [0.4, 0.5) is 13.2 Å². The van der Waals surface area contributed by atoms with Crippen molar-refractivity contribution in [3.8, 4) is 5.75 Å². The molecule has 2 aliphatic rings. The van der Waals surface area contributed by atoms with Crippen molar-refractivity contribution in [1.82, 2.24) is 24.7 Å². The lowest BCUT2D eigenvalue weighted by atomic mass is 9.89. The highest BCUT2D eigenvalue weighted by Gasteiger charge is 2.40. The molecule has 1 fully saturated rings. The van der Waals surface area contributed by atoms with Gasteiger partial charge in [-0.1, -0.05) is 12.1 Å². The molecule has 0 unspecified atom stereocenters. The summed E-state index contributed by atoms with van der Waals surface area (Å²) in [4.78, 5) is 15.8. The summed E-state index contributed by atoms with van der Waals surface area (Å²) >= 11 is 0. The number of rotatable bonds is 9. The van der Waals surface area contributed by atoms with E-state index in [9.17, 15) is 18.0 Å². The molecule has 37 heavy (non-hydrogen) atoms. The number of fused-ring (bicyclic) bond motifs is 1. The first-order valence-corrected chi connectivity index (χ1v) is 12.6. The number of benzene rings is 1. The van der Waals surface area contributed by atoms with Gasteiger partial charge in [0.15, 0.2) is 5.82 Å². The van der Waals surface area contributed by atoms with Gasteiger partial charge in [-0.2, -0.15) is 22.9 Å². The Labute approximate surface area is 214 Å². The predicted molar refractivity (Wildman–Crippen MR) is 130 cm³/mol. The molecular formula is C25H33F3N6O3. The van der Waals surface area contributed by atoms with Crippen molar-refractivity contribution in [1.29, 1.82) is 0 Å². The Hall–Kier alpha value is -3.15. The minimum atomic E-state index is -4.59. The Bertz CT molecular complexity index is 1080. The van der Waals surface area contributed by atoms with Crippen LogP contribution in [0.1, 0.15) is 55.2 Å². The summed E-state index contributed by atoms with van der Waals surface area (Å²) in [5, 5.41) is 11.2. The fraction of sp³-hybridized carbons (Fsp3) is 0.600. The van der Waals surface area contributed by atoms with Crippen LogP contribution in [-0.2, 0) is 22.1 Å². The summed E-state index contributed by atoms with van der Waals surface area (Å²) in [6, 6.07) is 8.03. The summed E-state index contributed by atoms with van der Waals surface area (Å²) in [6.45, 7) is 3.02. The molecule has 202 valence electrons. The molecule has 4 rings (SSSR count). The molecule has 1 amide bonds. The van der Waals surface area contributed by atoms with Gasteiger partial charge in [0.05, 0.1) is 13.2 Å². The largest absolute Gasteiger partial charge is 0.494 e. The topological polar surface area (TPSA) is 85.1 Å². The van der Waals surface area contributed by atoms with Crippen LogP contribution in [0.5, 0.6) is 5.75 Å². The number of aromatic nitrogens is 3. The zero-order chi connectivity index (χ0) is 26.4. The highest BCUT2D eigenvalue weighted by molar-refractivity contribution is 5.83. The molecule has 2 aromatic rings. The molecule has 9 nitrogen and oxygen atoms in total. The summed E-state index contributed by atoms with van der Waals surface area (Å²) in [5.41, 5.74) is 1.22. The number of amides is 1. The van der Waals surface area contributed by atoms with Crippen LogP contribution in [0.25, 0.3) is 0 Å². The summed E-state index contributed by atoms with van der Waals surface area (Å²) < 4.78 is 51.2. The summed E-state index contributed by atoms with van der Waals surface area (Å²) in [7, 11) is 3.38. The van der Waals surface area contributed by atoms with Crippen molar-refractivity contribution >= 4 is 11.7 Å². The third kappa shape index (κ3) is 6.79. The van der Waals surface area contributed by atoms with Crippen molar-refractivity contribution in [2.75, 3.05) is 47.0 Å². The monoisotopic (exact) mass is 522 g/mol. The smallest absolute Gasteiger partial charge is 0.453 e. The number of hydrogen-bond acceptors (Lipinski definition) is 7. The maximum atomic E-state index is 13.2. The molecule has 0 bridgehead atoms. The lowest BCUT2D eigenvalue weighted by Crippen LogP contribution is -2.40. The van der Waals surface area contributed by atoms with E-state index in [4.69, 9.17) is 9.47 Å². The van der Waals surface area contributed by atoms with E-state index in [1.807, 2.05) is 12.1 Å². The van der Waals surface area contributed by atoms with Crippen molar-refractivity contribution in [2.24, 2.45) is 5.10 Å². The molecule has 0 spiro atoms. The number of halogens is 3. The van der Waals surface area contributed by atoms with Gasteiger partial charge in [-0.3, -0.25) is 4.79 Å². The first-order valence-electron chi connectivity index (χ1n) is 12.6. The normalized spacial score (nSPS) is 16.4. The van der Waals surface area contributed by atoms with E-state index in [0.717, 1.165) is 36.4 Å². The highest BCUT2D eigenvalue weighted by atomic mass is 19.4. The number of piperidine rings is 1. The quantitative estimate of drug-likeness (QED) is 0.469. The van der Waals surface area contributed by atoms with Crippen LogP contribution in [0.15, 0.2) is 29.4 Å². The van der Waals surface area contributed by atoms with Gasteiger partial charge in [0.25, 0.3) is 5.82 Å². The van der Waals surface area contributed by atoms with E-state index in [-0.39, 0.29) is 11.7 Å². The third-order valence-electron chi connectivity index (χ3n) is 6.82. The number of methoxy groups -OCH3 is 1. The van der Waals surface area contributed by atoms with Crippen LogP contribution in [0.3, 0.4) is 0 Å². The van der Waals surface area contributed by atoms with Crippen molar-refractivity contribution in [3.05, 3.63) is 41.5 Å². The maximum Gasteiger partial charge on any atom is 0.453 e. The van der Waals surface area contributed by atoms with Crippen LogP contribution in [0, 0.1) is 0 Å². The molecule has 0 radical (unpaired) electrons. The second-order valence-corrected chi connectivity index (χ2v) is 9.36. The Morgan fingerprint density at radius 3 is 2.51 bits per heavy atom. The van der Waals surface area contributed by atoms with Gasteiger partial charge < -0.3 is 19.3 Å². The van der Waals surface area contributed by atoms with Crippen molar-refractivity contribution in [3.63, 3.8) is 0 Å². The van der Waals surface area contributed by atoms with Gasteiger partial charge in [0.1, 0.15) is 11.6 Å². The summed E-state index contributed by atoms with van der Waals surface area (Å²) in [6.07, 6.45) is -0.792. The first kappa shape index (κ1) is 26.9. The zero-order valence-corrected chi connectivity index (χ0v) is 21.2. The van der Waals surface area contributed by atoms with E-state index >= 15 is 0 Å². The van der Waals surface area contributed by atoms with Gasteiger partial charge in [0, 0.05) is 53.1 Å². The van der Waals surface area contributed by atoms with E-state index < -0.39 is 12.0 Å². The molecule has 3 heterocycles. The Balaban J connectivity index is 1.23. The summed E-state index contributed by atoms with van der Waals surface area (Å²) in [5.74, 6) is 1.04. The molecular weight excluding hydrogens is 489 g/mol. The molecule has 1 aromatic carbocycles. The molecule has 0 N–H and O–H groups in total. The Morgan fingerprint density at radius 1 is 1.11 bits per heavy atom. The van der Waals surface area contributed by atoms with Crippen LogP contribution >= 0.6 is 0 Å². The van der Waals surface area contributed by atoms with E-state index in [1.165, 1.54) is 5.56 Å². The number of alkyl halides is 3. The maximum absolute atomic E-state index is 13.2. The Morgan fingerprint density at radius 2 is 1.84 bits per heavy atom. The SMILES string of the molecule is COCCN(C)C(=O)CCCOc1ccc(C2CCN(C3=Nn4c(nnc4C(F)(F)F)CC3)CC2)cc1. The predicted octanol–water partition coefficient (Wildman–Crippen LogP) is 3.55. The molecule has 12 heteroatoms. The molecule has 1 aromatic heterocycles. The van der Waals surface area contributed by atoms with Gasteiger partial charge in [0.2, 0.25) is 5.91 Å². The van der Waals surface area contributed by atoms with Gasteiger partial charge in [-0.05, 0) is 42.9 Å². The number of likely N-dealkylation sites (tertiary alicyclic amines) is 1. The van der Waals surface area contributed by atoms with Gasteiger partial charge >= 0.3 is 6.18 Å². The minimum Gasteiger partial charge on any atom is -0.494 e. The number of carbonyl (C=O) groups is 1. The number of carbonyl (C=O) groups excluding carboxylic acids is 1. The van der Waals surface area contributed by atoms with Gasteiger partial charge in [-0.25, -0.2) is 0 Å². The zero-order valence-electron chi connectivity index (χ0n) is 21.2.